The molecule has 4 aliphatic carbocycles. The third-order valence-corrected chi connectivity index (χ3v) is 8.55. The molecule has 0 aliphatic heterocycles. The number of allylic oxidation sites excluding steroid dienone is 1. The van der Waals surface area contributed by atoms with Gasteiger partial charge in [0.25, 0.3) is 0 Å². The molecule has 0 bridgehead atoms. The topological polar surface area (TPSA) is 46.5 Å². The van der Waals surface area contributed by atoms with Crippen LogP contribution in [0.15, 0.2) is 11.6 Å². The summed E-state index contributed by atoms with van der Waals surface area (Å²) in [5.41, 5.74) is 1.99. The van der Waals surface area contributed by atoms with Crippen LogP contribution in [-0.4, -0.2) is 23.3 Å². The molecule has 0 heterocycles. The summed E-state index contributed by atoms with van der Waals surface area (Å²) in [6, 6.07) is 0. The van der Waals surface area contributed by atoms with Crippen LogP contribution in [0, 0.1) is 28.6 Å². The van der Waals surface area contributed by atoms with Crippen LogP contribution in [-0.2, 0) is 9.53 Å². The van der Waals surface area contributed by atoms with Crippen LogP contribution in [0.2, 0.25) is 0 Å². The second-order valence-electron chi connectivity index (χ2n) is 9.61. The highest BCUT2D eigenvalue weighted by molar-refractivity contribution is 5.69. The van der Waals surface area contributed by atoms with Crippen molar-refractivity contribution in [3.63, 3.8) is 0 Å². The minimum Gasteiger partial charge on any atom is -0.462 e. The fraction of sp³-hybridized carbons (Fsp3) is 0.864. The Morgan fingerprint density at radius 2 is 2.00 bits per heavy atom. The zero-order valence-electron chi connectivity index (χ0n) is 16.1. The molecular formula is C22H34O3. The van der Waals surface area contributed by atoms with Crippen molar-refractivity contribution >= 4 is 5.97 Å². The van der Waals surface area contributed by atoms with Gasteiger partial charge in [-0.3, -0.25) is 4.79 Å². The van der Waals surface area contributed by atoms with Crippen molar-refractivity contribution in [2.45, 2.75) is 90.8 Å². The standard InChI is InChI=1S/C22H34O3/c1-4-20(24)25-19-8-7-17-16-6-5-14-13-15(23)9-11-21(14,2)18(16)10-12-22(17,19)3/h5,15-19,23H,4,6-13H2,1-3H3. The number of hydrogen-bond donors (Lipinski definition) is 1. The van der Waals surface area contributed by atoms with E-state index in [0.717, 1.165) is 43.9 Å². The van der Waals surface area contributed by atoms with Crippen molar-refractivity contribution in [3.8, 4) is 0 Å². The van der Waals surface area contributed by atoms with Gasteiger partial charge in [0.15, 0.2) is 0 Å². The van der Waals surface area contributed by atoms with E-state index in [-0.39, 0.29) is 23.6 Å². The van der Waals surface area contributed by atoms with Gasteiger partial charge in [-0.25, -0.2) is 0 Å². The monoisotopic (exact) mass is 346 g/mol. The van der Waals surface area contributed by atoms with E-state index in [9.17, 15) is 9.90 Å². The summed E-state index contributed by atoms with van der Waals surface area (Å²) in [5, 5.41) is 10.1. The summed E-state index contributed by atoms with van der Waals surface area (Å²) in [6.07, 6.45) is 11.8. The number of hydrogen-bond acceptors (Lipinski definition) is 3. The van der Waals surface area contributed by atoms with E-state index in [0.29, 0.717) is 17.8 Å². The normalized spacial score (nSPS) is 48.8. The maximum atomic E-state index is 11.9. The molecular weight excluding hydrogens is 312 g/mol. The molecule has 0 aromatic carbocycles. The van der Waals surface area contributed by atoms with Crippen LogP contribution in [0.3, 0.4) is 0 Å². The minimum atomic E-state index is -0.131. The third kappa shape index (κ3) is 2.60. The number of ether oxygens (including phenoxy) is 1. The molecule has 1 N–H and O–H groups in total. The largest absolute Gasteiger partial charge is 0.462 e. The summed E-state index contributed by atoms with van der Waals surface area (Å²) < 4.78 is 5.87. The predicted molar refractivity (Wildman–Crippen MR) is 97.9 cm³/mol. The first-order valence-electron chi connectivity index (χ1n) is 10.5. The molecule has 0 aromatic heterocycles. The number of carbonyl (C=O) groups excluding carboxylic acids is 1. The fourth-order valence-corrected chi connectivity index (χ4v) is 7.03. The SMILES string of the molecule is CCC(=O)OC1CCC2C3CC=C4CC(O)CCC4(C)C3CCC12C. The average molecular weight is 347 g/mol. The fourth-order valence-electron chi connectivity index (χ4n) is 7.03. The summed E-state index contributed by atoms with van der Waals surface area (Å²) in [4.78, 5) is 11.9. The molecule has 3 saturated carbocycles. The number of esters is 1. The lowest BCUT2D eigenvalue weighted by Crippen LogP contribution is -2.51. The molecule has 140 valence electrons. The molecule has 3 nitrogen and oxygen atoms in total. The number of rotatable bonds is 2. The van der Waals surface area contributed by atoms with Crippen LogP contribution in [0.25, 0.3) is 0 Å². The van der Waals surface area contributed by atoms with Gasteiger partial charge >= 0.3 is 5.97 Å². The van der Waals surface area contributed by atoms with E-state index < -0.39 is 0 Å². The third-order valence-electron chi connectivity index (χ3n) is 8.55. The summed E-state index contributed by atoms with van der Waals surface area (Å²) in [6.45, 7) is 6.74. The lowest BCUT2D eigenvalue weighted by Gasteiger charge is -2.57. The smallest absolute Gasteiger partial charge is 0.305 e. The van der Waals surface area contributed by atoms with Gasteiger partial charge in [-0.15, -0.1) is 0 Å². The number of fused-ring (bicyclic) bond motifs is 5. The maximum absolute atomic E-state index is 11.9. The average Bonchev–Trinajstić information content (AvgIpc) is 2.92. The molecule has 4 aliphatic rings. The highest BCUT2D eigenvalue weighted by Crippen LogP contribution is 2.65. The van der Waals surface area contributed by atoms with Crippen LogP contribution in [0.5, 0.6) is 0 Å². The van der Waals surface area contributed by atoms with Crippen LogP contribution < -0.4 is 0 Å². The quantitative estimate of drug-likeness (QED) is 0.585. The number of aliphatic hydroxyl groups excluding tert-OH is 1. The molecule has 0 aromatic rings. The Morgan fingerprint density at radius 1 is 1.20 bits per heavy atom. The Bertz CT molecular complexity index is 582. The molecule has 3 fully saturated rings. The van der Waals surface area contributed by atoms with E-state index in [1.54, 1.807) is 0 Å². The van der Waals surface area contributed by atoms with Crippen LogP contribution >= 0.6 is 0 Å². The van der Waals surface area contributed by atoms with E-state index in [4.69, 9.17) is 4.74 Å². The van der Waals surface area contributed by atoms with Crippen LogP contribution in [0.1, 0.15) is 78.6 Å². The van der Waals surface area contributed by atoms with Gasteiger partial charge in [-0.2, -0.15) is 0 Å². The number of carbonyl (C=O) groups is 1. The van der Waals surface area contributed by atoms with E-state index in [2.05, 4.69) is 19.9 Å². The first-order chi connectivity index (χ1) is 11.9. The molecule has 4 rings (SSSR count). The molecule has 7 atom stereocenters. The highest BCUT2D eigenvalue weighted by Gasteiger charge is 2.59. The summed E-state index contributed by atoms with van der Waals surface area (Å²) in [7, 11) is 0. The second kappa shape index (κ2) is 6.11. The van der Waals surface area contributed by atoms with Crippen molar-refractivity contribution in [1.29, 1.82) is 0 Å². The molecule has 0 saturated heterocycles. The van der Waals surface area contributed by atoms with E-state index in [1.807, 2.05) is 6.92 Å². The summed E-state index contributed by atoms with van der Waals surface area (Å²) >= 11 is 0. The van der Waals surface area contributed by atoms with E-state index >= 15 is 0 Å². The Hall–Kier alpha value is -0.830. The molecule has 25 heavy (non-hydrogen) atoms. The molecule has 3 heteroatoms. The van der Waals surface area contributed by atoms with Gasteiger partial charge in [0.2, 0.25) is 0 Å². The Labute approximate surface area is 152 Å². The van der Waals surface area contributed by atoms with Gasteiger partial charge in [0.05, 0.1) is 6.10 Å². The van der Waals surface area contributed by atoms with Gasteiger partial charge in [-0.05, 0) is 74.5 Å². The van der Waals surface area contributed by atoms with Gasteiger partial charge < -0.3 is 9.84 Å². The van der Waals surface area contributed by atoms with Gasteiger partial charge in [-0.1, -0.05) is 32.4 Å². The van der Waals surface area contributed by atoms with Crippen molar-refractivity contribution in [2.75, 3.05) is 0 Å². The van der Waals surface area contributed by atoms with Crippen LogP contribution in [0.4, 0.5) is 0 Å². The molecule has 0 radical (unpaired) electrons. The molecule has 0 amide bonds. The second-order valence-corrected chi connectivity index (χ2v) is 9.61. The highest BCUT2D eigenvalue weighted by atomic mass is 16.5. The van der Waals surface area contributed by atoms with Gasteiger partial charge in [0.1, 0.15) is 6.10 Å². The Morgan fingerprint density at radius 3 is 2.76 bits per heavy atom. The summed E-state index contributed by atoms with van der Waals surface area (Å²) in [5.74, 6) is 2.13. The zero-order chi connectivity index (χ0) is 17.8. The van der Waals surface area contributed by atoms with Gasteiger partial charge in [0, 0.05) is 11.8 Å². The van der Waals surface area contributed by atoms with E-state index in [1.165, 1.54) is 24.8 Å². The Kier molecular flexibility index (Phi) is 4.30. The first kappa shape index (κ1) is 17.6. The number of aliphatic hydroxyl groups is 1. The molecule has 0 spiro atoms. The first-order valence-corrected chi connectivity index (χ1v) is 10.5. The van der Waals surface area contributed by atoms with Crippen molar-refractivity contribution < 1.29 is 14.6 Å². The minimum absolute atomic E-state index is 0.0342. The lowest BCUT2D eigenvalue weighted by atomic mass is 9.48. The molecule has 7 unspecified atom stereocenters. The predicted octanol–water partition coefficient (Wildman–Crippen LogP) is 4.63. The Balaban J connectivity index is 1.59. The van der Waals surface area contributed by atoms with Crippen molar-refractivity contribution in [3.05, 3.63) is 11.6 Å². The van der Waals surface area contributed by atoms with Crippen molar-refractivity contribution in [2.24, 2.45) is 28.6 Å². The zero-order valence-corrected chi connectivity index (χ0v) is 16.1. The maximum Gasteiger partial charge on any atom is 0.305 e. The van der Waals surface area contributed by atoms with Crippen molar-refractivity contribution in [1.82, 2.24) is 0 Å². The lowest BCUT2D eigenvalue weighted by molar-refractivity contribution is -0.159.